The Kier molecular flexibility index (Phi) is 7.83. The second-order valence-corrected chi connectivity index (χ2v) is 4.05. The zero-order valence-corrected chi connectivity index (χ0v) is 9.64. The van der Waals surface area contributed by atoms with Crippen LogP contribution < -0.4 is 0 Å². The molecule has 0 aromatic rings. The van der Waals surface area contributed by atoms with Crippen molar-refractivity contribution >= 4 is 0 Å². The van der Waals surface area contributed by atoms with Crippen LogP contribution in [-0.4, -0.2) is 0 Å². The van der Waals surface area contributed by atoms with Crippen LogP contribution in [-0.2, 0) is 0 Å². The minimum atomic E-state index is 0.685. The van der Waals surface area contributed by atoms with Crippen LogP contribution in [0.3, 0.4) is 0 Å². The van der Waals surface area contributed by atoms with Crippen LogP contribution in [0.25, 0.3) is 0 Å². The van der Waals surface area contributed by atoms with E-state index in [-0.39, 0.29) is 0 Å². The van der Waals surface area contributed by atoms with Crippen LogP contribution in [0.15, 0.2) is 17.9 Å². The molecular formula is C13H24. The SMILES string of the molecule is CCC=C=CC(C)CC(C)CCC. The fraction of sp³-hybridized carbons (Fsp3) is 0.769. The first-order valence-corrected chi connectivity index (χ1v) is 5.61. The molecule has 2 atom stereocenters. The van der Waals surface area contributed by atoms with E-state index in [4.69, 9.17) is 0 Å². The van der Waals surface area contributed by atoms with Crippen molar-refractivity contribution in [1.29, 1.82) is 0 Å². The molecule has 2 unspecified atom stereocenters. The lowest BCUT2D eigenvalue weighted by molar-refractivity contribution is 0.434. The molecular weight excluding hydrogens is 156 g/mol. The highest BCUT2D eigenvalue weighted by Crippen LogP contribution is 2.16. The monoisotopic (exact) mass is 180 g/mol. The fourth-order valence-electron chi connectivity index (χ4n) is 1.66. The van der Waals surface area contributed by atoms with E-state index in [2.05, 4.69) is 45.6 Å². The van der Waals surface area contributed by atoms with Crippen LogP contribution in [0.5, 0.6) is 0 Å². The Hall–Kier alpha value is -0.480. The van der Waals surface area contributed by atoms with E-state index in [1.807, 2.05) is 0 Å². The molecule has 0 bridgehead atoms. The first-order chi connectivity index (χ1) is 6.20. The minimum Gasteiger partial charge on any atom is -0.129 e. The Morgan fingerprint density at radius 2 is 1.92 bits per heavy atom. The van der Waals surface area contributed by atoms with Gasteiger partial charge in [-0.25, -0.2) is 0 Å². The van der Waals surface area contributed by atoms with E-state index in [1.54, 1.807) is 0 Å². The highest BCUT2D eigenvalue weighted by molar-refractivity contribution is 4.88. The smallest absolute Gasteiger partial charge is 0.0183 e. The summed E-state index contributed by atoms with van der Waals surface area (Å²) in [6, 6.07) is 0. The lowest BCUT2D eigenvalue weighted by Crippen LogP contribution is -1.99. The normalized spacial score (nSPS) is 14.5. The van der Waals surface area contributed by atoms with Crippen LogP contribution in [0.2, 0.25) is 0 Å². The summed E-state index contributed by atoms with van der Waals surface area (Å²) in [7, 11) is 0. The third-order valence-corrected chi connectivity index (χ3v) is 2.26. The van der Waals surface area contributed by atoms with Crippen molar-refractivity contribution < 1.29 is 0 Å². The molecule has 0 heterocycles. The Morgan fingerprint density at radius 1 is 1.23 bits per heavy atom. The first-order valence-electron chi connectivity index (χ1n) is 5.61. The molecule has 0 nitrogen and oxygen atoms in total. The van der Waals surface area contributed by atoms with E-state index >= 15 is 0 Å². The molecule has 0 spiro atoms. The molecule has 0 rings (SSSR count). The maximum Gasteiger partial charge on any atom is -0.0183 e. The van der Waals surface area contributed by atoms with Gasteiger partial charge in [-0.2, -0.15) is 0 Å². The van der Waals surface area contributed by atoms with Gasteiger partial charge in [0.05, 0.1) is 0 Å². The third kappa shape index (κ3) is 7.87. The molecule has 0 saturated heterocycles. The molecule has 0 aliphatic rings. The van der Waals surface area contributed by atoms with E-state index in [0.29, 0.717) is 5.92 Å². The predicted molar refractivity (Wildman–Crippen MR) is 60.8 cm³/mol. The molecule has 0 aliphatic heterocycles. The van der Waals surface area contributed by atoms with Crippen molar-refractivity contribution in [3.63, 3.8) is 0 Å². The minimum absolute atomic E-state index is 0.685. The zero-order valence-electron chi connectivity index (χ0n) is 9.64. The van der Waals surface area contributed by atoms with Gasteiger partial charge in [-0.3, -0.25) is 0 Å². The van der Waals surface area contributed by atoms with Crippen molar-refractivity contribution in [3.05, 3.63) is 17.9 Å². The maximum atomic E-state index is 3.23. The number of allylic oxidation sites excluding steroid dienone is 1. The summed E-state index contributed by atoms with van der Waals surface area (Å²) in [5.41, 5.74) is 3.23. The fourth-order valence-corrected chi connectivity index (χ4v) is 1.66. The summed E-state index contributed by atoms with van der Waals surface area (Å²) >= 11 is 0. The van der Waals surface area contributed by atoms with Crippen molar-refractivity contribution in [1.82, 2.24) is 0 Å². The molecule has 0 aromatic heterocycles. The lowest BCUT2D eigenvalue weighted by atomic mass is 9.94. The van der Waals surface area contributed by atoms with Gasteiger partial charge in [-0.1, -0.05) is 40.5 Å². The number of hydrogen-bond donors (Lipinski definition) is 0. The lowest BCUT2D eigenvalue weighted by Gasteiger charge is -2.12. The van der Waals surface area contributed by atoms with Gasteiger partial charge in [0.25, 0.3) is 0 Å². The predicted octanol–water partition coefficient (Wildman–Crippen LogP) is 4.57. The molecule has 0 aliphatic carbocycles. The molecule has 76 valence electrons. The van der Waals surface area contributed by atoms with Crippen LogP contribution in [0.4, 0.5) is 0 Å². The largest absolute Gasteiger partial charge is 0.129 e. The maximum absolute atomic E-state index is 3.23. The van der Waals surface area contributed by atoms with E-state index in [0.717, 1.165) is 12.3 Å². The van der Waals surface area contributed by atoms with Gasteiger partial charge in [-0.15, -0.1) is 5.73 Å². The molecule has 0 fully saturated rings. The number of hydrogen-bond acceptors (Lipinski definition) is 0. The van der Waals surface area contributed by atoms with Gasteiger partial charge < -0.3 is 0 Å². The quantitative estimate of drug-likeness (QED) is 0.525. The van der Waals surface area contributed by atoms with Gasteiger partial charge in [0, 0.05) is 0 Å². The molecule has 0 N–H and O–H groups in total. The van der Waals surface area contributed by atoms with Gasteiger partial charge >= 0.3 is 0 Å². The second kappa shape index (κ2) is 8.13. The molecule has 0 saturated carbocycles. The average Bonchev–Trinajstić information content (AvgIpc) is 2.05. The Labute approximate surface area is 83.7 Å². The van der Waals surface area contributed by atoms with E-state index in [1.165, 1.54) is 19.3 Å². The summed E-state index contributed by atoms with van der Waals surface area (Å²) in [4.78, 5) is 0. The van der Waals surface area contributed by atoms with E-state index < -0.39 is 0 Å². The van der Waals surface area contributed by atoms with Crippen molar-refractivity contribution in [2.24, 2.45) is 11.8 Å². The molecule has 0 radical (unpaired) electrons. The summed E-state index contributed by atoms with van der Waals surface area (Å²) in [6.07, 6.45) is 9.36. The van der Waals surface area contributed by atoms with Crippen LogP contribution >= 0.6 is 0 Å². The van der Waals surface area contributed by atoms with Gasteiger partial charge in [0.2, 0.25) is 0 Å². The first kappa shape index (κ1) is 12.5. The summed E-state index contributed by atoms with van der Waals surface area (Å²) in [5, 5.41) is 0. The standard InChI is InChI=1S/C13H24/c1-5-7-8-10-13(4)11-12(3)9-6-2/h7,10,12-13H,5-6,9,11H2,1-4H3. The second-order valence-electron chi connectivity index (χ2n) is 4.05. The Bertz CT molecular complexity index is 161. The average molecular weight is 180 g/mol. The third-order valence-electron chi connectivity index (χ3n) is 2.26. The Morgan fingerprint density at radius 3 is 2.46 bits per heavy atom. The highest BCUT2D eigenvalue weighted by Gasteiger charge is 2.04. The van der Waals surface area contributed by atoms with Crippen molar-refractivity contribution in [3.8, 4) is 0 Å². The summed E-state index contributed by atoms with van der Waals surface area (Å²) in [5.74, 6) is 1.55. The van der Waals surface area contributed by atoms with Crippen molar-refractivity contribution in [2.45, 2.75) is 53.4 Å². The van der Waals surface area contributed by atoms with Crippen molar-refractivity contribution in [2.75, 3.05) is 0 Å². The van der Waals surface area contributed by atoms with Gasteiger partial charge in [0.1, 0.15) is 0 Å². The topological polar surface area (TPSA) is 0 Å². The van der Waals surface area contributed by atoms with Crippen LogP contribution in [0, 0.1) is 11.8 Å². The van der Waals surface area contributed by atoms with Crippen LogP contribution in [0.1, 0.15) is 53.4 Å². The summed E-state index contributed by atoms with van der Waals surface area (Å²) < 4.78 is 0. The Balaban J connectivity index is 3.72. The zero-order chi connectivity index (χ0) is 10.1. The molecule has 0 heteroatoms. The van der Waals surface area contributed by atoms with E-state index in [9.17, 15) is 0 Å². The van der Waals surface area contributed by atoms with Gasteiger partial charge in [0.15, 0.2) is 0 Å². The number of rotatable bonds is 6. The highest BCUT2D eigenvalue weighted by atomic mass is 14.1. The molecule has 0 aromatic carbocycles. The van der Waals surface area contributed by atoms with Gasteiger partial charge in [-0.05, 0) is 36.8 Å². The molecule has 0 amide bonds. The molecule has 13 heavy (non-hydrogen) atoms. The summed E-state index contributed by atoms with van der Waals surface area (Å²) in [6.45, 7) is 9.03.